The highest BCUT2D eigenvalue weighted by molar-refractivity contribution is 7.80. The van der Waals surface area contributed by atoms with Crippen molar-refractivity contribution in [2.45, 2.75) is 6.42 Å². The van der Waals surface area contributed by atoms with Crippen LogP contribution in [0, 0.1) is 0 Å². The Morgan fingerprint density at radius 3 is 3.00 bits per heavy atom. The summed E-state index contributed by atoms with van der Waals surface area (Å²) in [5, 5.41) is 6.82. The van der Waals surface area contributed by atoms with Crippen LogP contribution in [0.5, 0.6) is 5.75 Å². The van der Waals surface area contributed by atoms with Crippen molar-refractivity contribution in [3.63, 3.8) is 0 Å². The summed E-state index contributed by atoms with van der Waals surface area (Å²) in [4.78, 5) is 7.01. The van der Waals surface area contributed by atoms with Gasteiger partial charge in [0, 0.05) is 24.9 Å². The third-order valence-corrected chi connectivity index (χ3v) is 2.84. The number of aromatic nitrogens is 2. The third-order valence-electron chi connectivity index (χ3n) is 2.59. The van der Waals surface area contributed by atoms with Gasteiger partial charge in [0.2, 0.25) is 0 Å². The van der Waals surface area contributed by atoms with Crippen molar-refractivity contribution in [2.75, 3.05) is 19.0 Å². The van der Waals surface area contributed by atoms with Gasteiger partial charge in [0.15, 0.2) is 5.11 Å². The predicted octanol–water partition coefficient (Wildman–Crippen LogP) is 1.95. The molecule has 0 saturated carbocycles. The number of ether oxygens (including phenoxy) is 1. The van der Waals surface area contributed by atoms with Crippen LogP contribution in [0.4, 0.5) is 5.69 Å². The van der Waals surface area contributed by atoms with E-state index in [9.17, 15) is 0 Å². The van der Waals surface area contributed by atoms with E-state index in [1.165, 1.54) is 0 Å². The molecule has 0 atom stereocenters. The number of anilines is 1. The largest absolute Gasteiger partial charge is 0.495 e. The number of aromatic amines is 1. The molecule has 1 aromatic carbocycles. The van der Waals surface area contributed by atoms with Crippen LogP contribution in [0.15, 0.2) is 36.8 Å². The van der Waals surface area contributed by atoms with Crippen LogP contribution < -0.4 is 15.4 Å². The molecule has 0 radical (unpaired) electrons. The summed E-state index contributed by atoms with van der Waals surface area (Å²) in [6, 6.07) is 7.65. The fourth-order valence-electron chi connectivity index (χ4n) is 1.65. The molecule has 5 nitrogen and oxygen atoms in total. The summed E-state index contributed by atoms with van der Waals surface area (Å²) in [6.45, 7) is 0.739. The van der Waals surface area contributed by atoms with Gasteiger partial charge in [-0.3, -0.25) is 0 Å². The number of thiocarbonyl (C=S) groups is 1. The fourth-order valence-corrected chi connectivity index (χ4v) is 1.86. The number of para-hydroxylation sites is 2. The van der Waals surface area contributed by atoms with Crippen LogP contribution in [0.25, 0.3) is 0 Å². The number of nitrogens with one attached hydrogen (secondary N) is 3. The van der Waals surface area contributed by atoms with Gasteiger partial charge in [-0.15, -0.1) is 0 Å². The van der Waals surface area contributed by atoms with Gasteiger partial charge in [-0.25, -0.2) is 4.98 Å². The lowest BCUT2D eigenvalue weighted by molar-refractivity contribution is 0.417. The van der Waals surface area contributed by atoms with Gasteiger partial charge in [-0.1, -0.05) is 12.1 Å². The molecule has 0 bridgehead atoms. The van der Waals surface area contributed by atoms with Crippen molar-refractivity contribution >= 4 is 23.0 Å². The van der Waals surface area contributed by atoms with Gasteiger partial charge >= 0.3 is 0 Å². The Balaban J connectivity index is 1.80. The molecule has 0 unspecified atom stereocenters. The lowest BCUT2D eigenvalue weighted by atomic mass is 10.3. The number of methoxy groups -OCH3 is 1. The first-order valence-electron chi connectivity index (χ1n) is 5.94. The highest BCUT2D eigenvalue weighted by Gasteiger charge is 2.03. The van der Waals surface area contributed by atoms with Gasteiger partial charge in [0.1, 0.15) is 5.75 Å². The fraction of sp³-hybridized carbons (Fsp3) is 0.231. The van der Waals surface area contributed by atoms with Crippen LogP contribution in [-0.2, 0) is 6.42 Å². The Morgan fingerprint density at radius 2 is 2.26 bits per heavy atom. The minimum atomic E-state index is 0.573. The number of hydrogen-bond acceptors (Lipinski definition) is 3. The summed E-state index contributed by atoms with van der Waals surface area (Å²) >= 11 is 5.23. The monoisotopic (exact) mass is 276 g/mol. The Labute approximate surface area is 117 Å². The van der Waals surface area contributed by atoms with Crippen molar-refractivity contribution in [1.29, 1.82) is 0 Å². The van der Waals surface area contributed by atoms with Gasteiger partial charge < -0.3 is 20.4 Å². The number of rotatable bonds is 5. The summed E-state index contributed by atoms with van der Waals surface area (Å²) < 4.78 is 5.25. The molecule has 0 saturated heterocycles. The minimum Gasteiger partial charge on any atom is -0.495 e. The number of imidazole rings is 1. The third kappa shape index (κ3) is 3.96. The van der Waals surface area contributed by atoms with E-state index < -0.39 is 0 Å². The number of nitrogens with zero attached hydrogens (tertiary/aromatic N) is 1. The zero-order valence-electron chi connectivity index (χ0n) is 10.6. The number of benzene rings is 1. The van der Waals surface area contributed by atoms with Crippen LogP contribution >= 0.6 is 12.2 Å². The maximum absolute atomic E-state index is 5.25. The topological polar surface area (TPSA) is 62.0 Å². The van der Waals surface area contributed by atoms with Crippen molar-refractivity contribution < 1.29 is 4.74 Å². The van der Waals surface area contributed by atoms with Crippen LogP contribution in [0.3, 0.4) is 0 Å². The molecule has 19 heavy (non-hydrogen) atoms. The molecule has 2 rings (SSSR count). The SMILES string of the molecule is COc1ccccc1NC(=S)NCCc1cnc[nH]1. The number of H-pyrrole nitrogens is 1. The van der Waals surface area contributed by atoms with E-state index in [1.54, 1.807) is 19.6 Å². The van der Waals surface area contributed by atoms with Gasteiger partial charge in [0.05, 0.1) is 19.1 Å². The van der Waals surface area contributed by atoms with Crippen molar-refractivity contribution in [3.05, 3.63) is 42.5 Å². The first-order valence-corrected chi connectivity index (χ1v) is 6.35. The van der Waals surface area contributed by atoms with Gasteiger partial charge in [-0.2, -0.15) is 0 Å². The molecule has 6 heteroatoms. The zero-order valence-corrected chi connectivity index (χ0v) is 11.5. The molecule has 0 aliphatic heterocycles. The number of hydrogen-bond donors (Lipinski definition) is 3. The maximum atomic E-state index is 5.25. The second kappa shape index (κ2) is 6.75. The summed E-state index contributed by atoms with van der Waals surface area (Å²) in [5.41, 5.74) is 1.93. The average Bonchev–Trinajstić information content (AvgIpc) is 2.92. The molecule has 1 heterocycles. The van der Waals surface area contributed by atoms with Crippen LogP contribution in [0.1, 0.15) is 5.69 Å². The van der Waals surface area contributed by atoms with E-state index >= 15 is 0 Å². The van der Waals surface area contributed by atoms with E-state index in [1.807, 2.05) is 24.3 Å². The molecule has 2 aromatic rings. The quantitative estimate of drug-likeness (QED) is 0.729. The highest BCUT2D eigenvalue weighted by Crippen LogP contribution is 2.22. The molecule has 0 amide bonds. The van der Waals surface area contributed by atoms with E-state index in [0.29, 0.717) is 5.11 Å². The molecule has 0 aliphatic rings. The van der Waals surface area contributed by atoms with Crippen molar-refractivity contribution in [3.8, 4) is 5.75 Å². The second-order valence-electron chi connectivity index (χ2n) is 3.91. The standard InChI is InChI=1S/C13H16N4OS/c1-18-12-5-3-2-4-11(12)17-13(19)15-7-6-10-8-14-9-16-10/h2-5,8-9H,6-7H2,1H3,(H,14,16)(H2,15,17,19). The Bertz CT molecular complexity index is 527. The average molecular weight is 276 g/mol. The first kappa shape index (κ1) is 13.4. The lowest BCUT2D eigenvalue weighted by Gasteiger charge is -2.12. The normalized spacial score (nSPS) is 9.95. The van der Waals surface area contributed by atoms with Crippen molar-refractivity contribution in [1.82, 2.24) is 15.3 Å². The predicted molar refractivity (Wildman–Crippen MR) is 79.5 cm³/mol. The Hall–Kier alpha value is -2.08. The maximum Gasteiger partial charge on any atom is 0.170 e. The molecular weight excluding hydrogens is 260 g/mol. The molecule has 0 aliphatic carbocycles. The zero-order chi connectivity index (χ0) is 13.5. The van der Waals surface area contributed by atoms with E-state index in [-0.39, 0.29) is 0 Å². The molecule has 100 valence electrons. The minimum absolute atomic E-state index is 0.573. The smallest absolute Gasteiger partial charge is 0.170 e. The molecule has 1 aromatic heterocycles. The first-order chi connectivity index (χ1) is 9.29. The van der Waals surface area contributed by atoms with E-state index in [0.717, 1.165) is 30.1 Å². The second-order valence-corrected chi connectivity index (χ2v) is 4.32. The van der Waals surface area contributed by atoms with Crippen LogP contribution in [0.2, 0.25) is 0 Å². The van der Waals surface area contributed by atoms with E-state index in [4.69, 9.17) is 17.0 Å². The van der Waals surface area contributed by atoms with Crippen LogP contribution in [-0.4, -0.2) is 28.7 Å². The summed E-state index contributed by atoms with van der Waals surface area (Å²) in [7, 11) is 1.63. The lowest BCUT2D eigenvalue weighted by Crippen LogP contribution is -2.30. The molecule has 3 N–H and O–H groups in total. The molecule has 0 spiro atoms. The Kier molecular flexibility index (Phi) is 4.74. The summed E-state index contributed by atoms with van der Waals surface area (Å²) in [6.07, 6.45) is 4.31. The van der Waals surface area contributed by atoms with E-state index in [2.05, 4.69) is 20.6 Å². The van der Waals surface area contributed by atoms with Crippen molar-refractivity contribution in [2.24, 2.45) is 0 Å². The van der Waals surface area contributed by atoms with Gasteiger partial charge in [0.25, 0.3) is 0 Å². The highest BCUT2D eigenvalue weighted by atomic mass is 32.1. The van der Waals surface area contributed by atoms with Gasteiger partial charge in [-0.05, 0) is 24.4 Å². The summed E-state index contributed by atoms with van der Waals surface area (Å²) in [5.74, 6) is 0.764. The Morgan fingerprint density at radius 1 is 1.42 bits per heavy atom. The molecular formula is C13H16N4OS. The molecule has 0 fully saturated rings.